The van der Waals surface area contributed by atoms with E-state index in [9.17, 15) is 19.7 Å². The predicted molar refractivity (Wildman–Crippen MR) is 122 cm³/mol. The molecule has 0 fully saturated rings. The van der Waals surface area contributed by atoms with E-state index in [0.717, 1.165) is 0 Å². The summed E-state index contributed by atoms with van der Waals surface area (Å²) < 4.78 is 0. The molecule has 10 heteroatoms. The number of nitro benzene ring substituents is 1. The van der Waals surface area contributed by atoms with Gasteiger partial charge in [-0.3, -0.25) is 19.7 Å². The zero-order chi connectivity index (χ0) is 23.0. The number of non-ortho nitro benzene ring substituents is 1. The first-order valence-corrected chi connectivity index (χ1v) is 10.4. The summed E-state index contributed by atoms with van der Waals surface area (Å²) in [5.41, 5.74) is 0.948. The van der Waals surface area contributed by atoms with Crippen LogP contribution >= 0.6 is 23.2 Å². The summed E-state index contributed by atoms with van der Waals surface area (Å²) in [7, 11) is 0. The monoisotopic (exact) mass is 466 g/mol. The largest absolute Gasteiger partial charge is 0.383 e. The smallest absolute Gasteiger partial charge is 0.269 e. The fourth-order valence-electron chi connectivity index (χ4n) is 2.83. The number of hydrogen-bond donors (Lipinski definition) is 3. The molecule has 0 aliphatic carbocycles. The van der Waals surface area contributed by atoms with Crippen molar-refractivity contribution in [2.24, 2.45) is 5.92 Å². The van der Waals surface area contributed by atoms with Gasteiger partial charge >= 0.3 is 0 Å². The minimum absolute atomic E-state index is 0.00640. The lowest BCUT2D eigenvalue weighted by Crippen LogP contribution is -2.48. The molecule has 1 atom stereocenters. The highest BCUT2D eigenvalue weighted by atomic mass is 35.5. The SMILES string of the molecule is CC(C)CC(NC(=O)c1ccc(Cl)cc1Cl)C(=O)NCCNc1ccc([N+](=O)[O-])cc1. The molecule has 0 saturated carbocycles. The second-order valence-electron chi connectivity index (χ2n) is 7.30. The average molecular weight is 467 g/mol. The molecule has 0 radical (unpaired) electrons. The van der Waals surface area contributed by atoms with Gasteiger partial charge in [0.15, 0.2) is 0 Å². The van der Waals surface area contributed by atoms with Crippen LogP contribution in [0.2, 0.25) is 10.0 Å². The van der Waals surface area contributed by atoms with Gasteiger partial charge in [0.05, 0.1) is 15.5 Å². The Bertz CT molecular complexity index is 935. The second-order valence-corrected chi connectivity index (χ2v) is 8.15. The van der Waals surface area contributed by atoms with Crippen molar-refractivity contribution in [1.29, 1.82) is 0 Å². The molecule has 0 spiro atoms. The van der Waals surface area contributed by atoms with Crippen LogP contribution in [0, 0.1) is 16.0 Å². The molecule has 2 rings (SSSR count). The highest BCUT2D eigenvalue weighted by Gasteiger charge is 2.23. The molecular weight excluding hydrogens is 443 g/mol. The highest BCUT2D eigenvalue weighted by molar-refractivity contribution is 6.36. The number of nitrogens with zero attached hydrogens (tertiary/aromatic N) is 1. The molecule has 8 nitrogen and oxygen atoms in total. The Morgan fingerprint density at radius 1 is 1.06 bits per heavy atom. The van der Waals surface area contributed by atoms with Crippen LogP contribution in [0.3, 0.4) is 0 Å². The lowest BCUT2D eigenvalue weighted by atomic mass is 10.0. The lowest BCUT2D eigenvalue weighted by molar-refractivity contribution is -0.384. The minimum Gasteiger partial charge on any atom is -0.383 e. The van der Waals surface area contributed by atoms with E-state index >= 15 is 0 Å². The van der Waals surface area contributed by atoms with E-state index in [1.165, 1.54) is 24.3 Å². The number of anilines is 1. The van der Waals surface area contributed by atoms with E-state index in [2.05, 4.69) is 16.0 Å². The molecule has 0 aromatic heterocycles. The van der Waals surface area contributed by atoms with Crippen molar-refractivity contribution in [2.45, 2.75) is 26.3 Å². The number of carbonyl (C=O) groups excluding carboxylic acids is 2. The van der Waals surface area contributed by atoms with Gasteiger partial charge in [-0.2, -0.15) is 0 Å². The topological polar surface area (TPSA) is 113 Å². The fraction of sp³-hybridized carbons (Fsp3) is 0.333. The fourth-order valence-corrected chi connectivity index (χ4v) is 3.32. The molecule has 0 bridgehead atoms. The summed E-state index contributed by atoms with van der Waals surface area (Å²) in [4.78, 5) is 35.4. The molecule has 166 valence electrons. The van der Waals surface area contributed by atoms with E-state index in [1.807, 2.05) is 13.8 Å². The Morgan fingerprint density at radius 3 is 2.32 bits per heavy atom. The first-order valence-electron chi connectivity index (χ1n) is 9.69. The van der Waals surface area contributed by atoms with Gasteiger partial charge < -0.3 is 16.0 Å². The van der Waals surface area contributed by atoms with E-state index < -0.39 is 16.9 Å². The minimum atomic E-state index is -0.724. The summed E-state index contributed by atoms with van der Waals surface area (Å²) in [5, 5.41) is 19.9. The Balaban J connectivity index is 1.90. The summed E-state index contributed by atoms with van der Waals surface area (Å²) >= 11 is 12.0. The molecule has 0 aliphatic rings. The van der Waals surface area contributed by atoms with Crippen LogP contribution in [0.4, 0.5) is 11.4 Å². The number of carbonyl (C=O) groups is 2. The van der Waals surface area contributed by atoms with E-state index in [4.69, 9.17) is 23.2 Å². The molecule has 0 saturated heterocycles. The van der Waals surface area contributed by atoms with Gasteiger partial charge in [0.1, 0.15) is 6.04 Å². The third-order valence-corrected chi connectivity index (χ3v) is 4.88. The maximum atomic E-state index is 12.6. The number of nitrogens with one attached hydrogen (secondary N) is 3. The van der Waals surface area contributed by atoms with E-state index in [-0.39, 0.29) is 28.1 Å². The zero-order valence-electron chi connectivity index (χ0n) is 17.2. The Hall–Kier alpha value is -2.84. The van der Waals surface area contributed by atoms with Crippen molar-refractivity contribution in [2.75, 3.05) is 18.4 Å². The number of benzene rings is 2. The first-order chi connectivity index (χ1) is 14.7. The number of hydrogen-bond acceptors (Lipinski definition) is 5. The second kappa shape index (κ2) is 11.5. The third-order valence-electron chi connectivity index (χ3n) is 4.34. The summed E-state index contributed by atoms with van der Waals surface area (Å²) in [5.74, 6) is -0.584. The molecule has 2 aromatic rings. The van der Waals surface area contributed by atoms with Crippen LogP contribution in [-0.4, -0.2) is 35.9 Å². The van der Waals surface area contributed by atoms with Crippen LogP contribution in [0.1, 0.15) is 30.6 Å². The van der Waals surface area contributed by atoms with Gasteiger partial charge in [0.2, 0.25) is 5.91 Å². The van der Waals surface area contributed by atoms with Crippen molar-refractivity contribution < 1.29 is 14.5 Å². The van der Waals surface area contributed by atoms with E-state index in [1.54, 1.807) is 18.2 Å². The molecule has 1 unspecified atom stereocenters. The van der Waals surface area contributed by atoms with Gasteiger partial charge in [-0.1, -0.05) is 37.0 Å². The molecule has 0 heterocycles. The predicted octanol–water partition coefficient (Wildman–Crippen LogP) is 4.27. The summed E-state index contributed by atoms with van der Waals surface area (Å²) in [6.07, 6.45) is 0.457. The van der Waals surface area contributed by atoms with Gasteiger partial charge in [-0.15, -0.1) is 0 Å². The van der Waals surface area contributed by atoms with Crippen molar-refractivity contribution in [1.82, 2.24) is 10.6 Å². The number of nitro groups is 1. The standard InChI is InChI=1S/C21H24Cl2N4O4/c1-13(2)11-19(26-20(28)17-8-3-14(22)12-18(17)23)21(29)25-10-9-24-15-4-6-16(7-5-15)27(30)31/h3-8,12-13,19,24H,9-11H2,1-2H3,(H,25,29)(H,26,28). The van der Waals surface area contributed by atoms with Crippen LogP contribution in [0.25, 0.3) is 0 Å². The van der Waals surface area contributed by atoms with Crippen LogP contribution in [-0.2, 0) is 4.79 Å². The van der Waals surface area contributed by atoms with Crippen LogP contribution in [0.5, 0.6) is 0 Å². The van der Waals surface area contributed by atoms with Crippen molar-refractivity contribution in [3.05, 3.63) is 68.2 Å². The van der Waals surface area contributed by atoms with E-state index in [0.29, 0.717) is 30.2 Å². The van der Waals surface area contributed by atoms with Crippen LogP contribution < -0.4 is 16.0 Å². The number of amides is 2. The van der Waals surface area contributed by atoms with Gasteiger partial charge in [-0.05, 0) is 42.7 Å². The maximum absolute atomic E-state index is 12.6. The Morgan fingerprint density at radius 2 is 1.74 bits per heavy atom. The van der Waals surface area contributed by atoms with Gasteiger partial charge in [-0.25, -0.2) is 0 Å². The maximum Gasteiger partial charge on any atom is 0.269 e. The summed E-state index contributed by atoms with van der Waals surface area (Å²) in [6, 6.07) is 9.81. The van der Waals surface area contributed by atoms with Crippen LogP contribution in [0.15, 0.2) is 42.5 Å². The molecule has 2 aromatic carbocycles. The third kappa shape index (κ3) is 7.73. The highest BCUT2D eigenvalue weighted by Crippen LogP contribution is 2.21. The Kier molecular flexibility index (Phi) is 9.08. The molecular formula is C21H24Cl2N4O4. The quantitative estimate of drug-likeness (QED) is 0.274. The molecule has 0 aliphatic heterocycles. The van der Waals surface area contributed by atoms with Crippen molar-refractivity contribution in [3.8, 4) is 0 Å². The first kappa shape index (κ1) is 24.4. The molecule has 2 amide bonds. The normalized spacial score (nSPS) is 11.6. The number of rotatable bonds is 10. The summed E-state index contributed by atoms with van der Waals surface area (Å²) in [6.45, 7) is 4.63. The van der Waals surface area contributed by atoms with Crippen molar-refractivity contribution in [3.63, 3.8) is 0 Å². The lowest BCUT2D eigenvalue weighted by Gasteiger charge is -2.20. The average Bonchev–Trinajstić information content (AvgIpc) is 2.70. The molecule has 3 N–H and O–H groups in total. The Labute approximate surface area is 190 Å². The van der Waals surface area contributed by atoms with Gasteiger partial charge in [0, 0.05) is 35.9 Å². The zero-order valence-corrected chi connectivity index (χ0v) is 18.7. The van der Waals surface area contributed by atoms with Crippen molar-refractivity contribution >= 4 is 46.4 Å². The van der Waals surface area contributed by atoms with Gasteiger partial charge in [0.25, 0.3) is 11.6 Å². The number of halogens is 2. The molecule has 31 heavy (non-hydrogen) atoms.